The van der Waals surface area contributed by atoms with Crippen LogP contribution >= 0.6 is 0 Å². The number of benzene rings is 2. The number of esters is 1. The second-order valence-corrected chi connectivity index (χ2v) is 6.24. The molecule has 0 fully saturated rings. The summed E-state index contributed by atoms with van der Waals surface area (Å²) < 4.78 is 36.9. The van der Waals surface area contributed by atoms with Crippen molar-refractivity contribution in [2.75, 3.05) is 18.4 Å². The molecule has 0 aliphatic rings. The molecule has 0 saturated carbocycles. The van der Waals surface area contributed by atoms with Gasteiger partial charge in [0.15, 0.2) is 6.61 Å². The van der Waals surface area contributed by atoms with Crippen molar-refractivity contribution in [1.82, 2.24) is 0 Å². The van der Waals surface area contributed by atoms with Crippen LogP contribution in [0.1, 0.15) is 10.4 Å². The van der Waals surface area contributed by atoms with Crippen LogP contribution in [-0.4, -0.2) is 28.1 Å². The molecule has 24 heavy (non-hydrogen) atoms. The molecule has 7 nitrogen and oxygen atoms in total. The van der Waals surface area contributed by atoms with Crippen LogP contribution in [0.4, 0.5) is 5.69 Å². The number of sulfonamides is 1. The van der Waals surface area contributed by atoms with Gasteiger partial charge in [0.1, 0.15) is 11.8 Å². The summed E-state index contributed by atoms with van der Waals surface area (Å²) in [6.07, 6.45) is 0. The Labute approximate surface area is 139 Å². The highest BCUT2D eigenvalue weighted by atomic mass is 32.2. The Balaban J connectivity index is 2.29. The topological polar surface area (TPSA) is 105 Å². The predicted octanol–water partition coefficient (Wildman–Crippen LogP) is 2.18. The first-order valence-corrected chi connectivity index (χ1v) is 8.26. The SMILES string of the molecule is COc1ccc(S(=O)(=O)Nc2ccccc2C(=O)OCC#N)cc1. The molecule has 124 valence electrons. The third-order valence-corrected chi connectivity index (χ3v) is 4.41. The van der Waals surface area contributed by atoms with Gasteiger partial charge in [0, 0.05) is 0 Å². The van der Waals surface area contributed by atoms with Crippen molar-refractivity contribution < 1.29 is 22.7 Å². The maximum atomic E-state index is 12.4. The van der Waals surface area contributed by atoms with Crippen molar-refractivity contribution in [2.45, 2.75) is 4.90 Å². The van der Waals surface area contributed by atoms with Crippen molar-refractivity contribution in [3.63, 3.8) is 0 Å². The minimum absolute atomic E-state index is 0.0171. The summed E-state index contributed by atoms with van der Waals surface area (Å²) in [5, 5.41) is 8.46. The highest BCUT2D eigenvalue weighted by Crippen LogP contribution is 2.22. The Hall–Kier alpha value is -3.05. The van der Waals surface area contributed by atoms with Crippen LogP contribution in [0.5, 0.6) is 5.75 Å². The number of nitriles is 1. The molecule has 8 heteroatoms. The van der Waals surface area contributed by atoms with Crippen LogP contribution in [0.25, 0.3) is 0 Å². The van der Waals surface area contributed by atoms with Gasteiger partial charge in [-0.15, -0.1) is 0 Å². The summed E-state index contributed by atoms with van der Waals surface area (Å²) in [4.78, 5) is 11.9. The number of nitrogens with zero attached hydrogens (tertiary/aromatic N) is 1. The second-order valence-electron chi connectivity index (χ2n) is 4.56. The van der Waals surface area contributed by atoms with Gasteiger partial charge in [-0.3, -0.25) is 4.72 Å². The maximum absolute atomic E-state index is 12.4. The minimum atomic E-state index is -3.89. The molecule has 0 amide bonds. The van der Waals surface area contributed by atoms with Gasteiger partial charge in [-0.25, -0.2) is 13.2 Å². The molecular weight excluding hydrogens is 332 g/mol. The van der Waals surface area contributed by atoms with Gasteiger partial charge in [-0.05, 0) is 36.4 Å². The first kappa shape index (κ1) is 17.3. The lowest BCUT2D eigenvalue weighted by molar-refractivity contribution is 0.0556. The quantitative estimate of drug-likeness (QED) is 0.804. The zero-order valence-corrected chi connectivity index (χ0v) is 13.5. The fourth-order valence-electron chi connectivity index (χ4n) is 1.88. The Kier molecular flexibility index (Phi) is 5.39. The molecule has 2 aromatic carbocycles. The number of hydrogen-bond acceptors (Lipinski definition) is 6. The van der Waals surface area contributed by atoms with E-state index in [1.165, 1.54) is 43.5 Å². The number of rotatable bonds is 6. The number of hydrogen-bond donors (Lipinski definition) is 1. The van der Waals surface area contributed by atoms with Crippen LogP contribution < -0.4 is 9.46 Å². The minimum Gasteiger partial charge on any atom is -0.497 e. The Morgan fingerprint density at radius 1 is 1.17 bits per heavy atom. The lowest BCUT2D eigenvalue weighted by atomic mass is 10.2. The number of carbonyl (C=O) groups is 1. The van der Waals surface area contributed by atoms with E-state index in [2.05, 4.69) is 4.72 Å². The lowest BCUT2D eigenvalue weighted by Crippen LogP contribution is -2.16. The number of ether oxygens (including phenoxy) is 2. The van der Waals surface area contributed by atoms with E-state index in [4.69, 9.17) is 14.7 Å². The van der Waals surface area contributed by atoms with E-state index in [9.17, 15) is 13.2 Å². The van der Waals surface area contributed by atoms with Crippen LogP contribution in [-0.2, 0) is 14.8 Å². The van der Waals surface area contributed by atoms with Crippen molar-refractivity contribution in [1.29, 1.82) is 5.26 Å². The standard InChI is InChI=1S/C16H14N2O5S/c1-22-12-6-8-13(9-7-12)24(20,21)18-15-5-3-2-4-14(15)16(19)23-11-10-17/h2-9,18H,11H2,1H3. The Bertz CT molecular complexity index is 870. The summed E-state index contributed by atoms with van der Waals surface area (Å²) in [6.45, 7) is -0.418. The lowest BCUT2D eigenvalue weighted by Gasteiger charge is -2.12. The third kappa shape index (κ3) is 4.02. The third-order valence-electron chi connectivity index (χ3n) is 3.03. The molecule has 0 aliphatic carbocycles. The molecule has 2 aromatic rings. The molecule has 0 saturated heterocycles. The van der Waals surface area contributed by atoms with Crippen LogP contribution in [0.15, 0.2) is 53.4 Å². The zero-order chi connectivity index (χ0) is 17.6. The van der Waals surface area contributed by atoms with E-state index in [1.807, 2.05) is 0 Å². The number of anilines is 1. The monoisotopic (exact) mass is 346 g/mol. The van der Waals surface area contributed by atoms with E-state index in [-0.39, 0.29) is 16.1 Å². The first-order chi connectivity index (χ1) is 11.5. The van der Waals surface area contributed by atoms with Gasteiger partial charge in [0.2, 0.25) is 0 Å². The smallest absolute Gasteiger partial charge is 0.341 e. The van der Waals surface area contributed by atoms with Crippen molar-refractivity contribution in [3.05, 3.63) is 54.1 Å². The molecule has 0 aliphatic heterocycles. The van der Waals surface area contributed by atoms with Crippen LogP contribution in [0, 0.1) is 11.3 Å². The first-order valence-electron chi connectivity index (χ1n) is 6.78. The molecule has 0 aromatic heterocycles. The summed E-state index contributed by atoms with van der Waals surface area (Å²) >= 11 is 0. The predicted molar refractivity (Wildman–Crippen MR) is 86.1 cm³/mol. The van der Waals surface area contributed by atoms with Crippen molar-refractivity contribution in [2.24, 2.45) is 0 Å². The Morgan fingerprint density at radius 2 is 1.83 bits per heavy atom. The number of para-hydroxylation sites is 1. The van der Waals surface area contributed by atoms with E-state index in [1.54, 1.807) is 18.2 Å². The van der Waals surface area contributed by atoms with Crippen molar-refractivity contribution >= 4 is 21.7 Å². The number of carbonyl (C=O) groups excluding carboxylic acids is 1. The van der Waals surface area contributed by atoms with Gasteiger partial charge in [-0.1, -0.05) is 12.1 Å². The molecule has 0 unspecified atom stereocenters. The van der Waals surface area contributed by atoms with Gasteiger partial charge in [-0.2, -0.15) is 5.26 Å². The fraction of sp³-hybridized carbons (Fsp3) is 0.125. The van der Waals surface area contributed by atoms with E-state index < -0.39 is 22.6 Å². The highest BCUT2D eigenvalue weighted by Gasteiger charge is 2.19. The summed E-state index contributed by atoms with van der Waals surface area (Å²) in [7, 11) is -2.42. The highest BCUT2D eigenvalue weighted by molar-refractivity contribution is 7.92. The van der Waals surface area contributed by atoms with E-state index >= 15 is 0 Å². The van der Waals surface area contributed by atoms with E-state index in [0.717, 1.165) is 0 Å². The number of nitrogens with one attached hydrogen (secondary N) is 1. The Morgan fingerprint density at radius 3 is 2.46 bits per heavy atom. The normalized spacial score (nSPS) is 10.5. The zero-order valence-electron chi connectivity index (χ0n) is 12.7. The molecule has 2 rings (SSSR count). The average Bonchev–Trinajstić information content (AvgIpc) is 2.60. The maximum Gasteiger partial charge on any atom is 0.341 e. The molecule has 0 atom stereocenters. The van der Waals surface area contributed by atoms with Gasteiger partial charge in [0.25, 0.3) is 10.0 Å². The summed E-state index contributed by atoms with van der Waals surface area (Å²) in [6, 6.07) is 13.5. The molecule has 0 heterocycles. The van der Waals surface area contributed by atoms with Crippen LogP contribution in [0.2, 0.25) is 0 Å². The molecule has 0 radical (unpaired) electrons. The molecule has 1 N–H and O–H groups in total. The van der Waals surface area contributed by atoms with Gasteiger partial charge in [0.05, 0.1) is 23.3 Å². The molecule has 0 bridgehead atoms. The van der Waals surface area contributed by atoms with E-state index in [0.29, 0.717) is 5.75 Å². The average molecular weight is 346 g/mol. The summed E-state index contributed by atoms with van der Waals surface area (Å²) in [5.74, 6) is -0.265. The van der Waals surface area contributed by atoms with Crippen LogP contribution in [0.3, 0.4) is 0 Å². The van der Waals surface area contributed by atoms with Crippen molar-refractivity contribution in [3.8, 4) is 11.8 Å². The number of methoxy groups -OCH3 is 1. The van der Waals surface area contributed by atoms with Gasteiger partial charge < -0.3 is 9.47 Å². The van der Waals surface area contributed by atoms with Gasteiger partial charge >= 0.3 is 5.97 Å². The largest absolute Gasteiger partial charge is 0.497 e. The second kappa shape index (κ2) is 7.48. The fourth-order valence-corrected chi connectivity index (χ4v) is 2.96. The summed E-state index contributed by atoms with van der Waals surface area (Å²) in [5.41, 5.74) is 0.0843. The molecular formula is C16H14N2O5S. The molecule has 0 spiro atoms.